The second-order valence-corrected chi connectivity index (χ2v) is 7.61. The van der Waals surface area contributed by atoms with E-state index in [2.05, 4.69) is 12.2 Å². The van der Waals surface area contributed by atoms with E-state index in [0.29, 0.717) is 32.1 Å². The van der Waals surface area contributed by atoms with E-state index in [9.17, 15) is 8.42 Å². The minimum absolute atomic E-state index is 0.470. The lowest BCUT2D eigenvalue weighted by Crippen LogP contribution is -2.48. The highest BCUT2D eigenvalue weighted by molar-refractivity contribution is 7.86. The molecule has 0 aromatic carbocycles. The van der Waals surface area contributed by atoms with Gasteiger partial charge in [-0.3, -0.25) is 0 Å². The quantitative estimate of drug-likeness (QED) is 0.743. The topological polar surface area (TPSA) is 52.7 Å². The molecular formula is C13H27N3O2S. The van der Waals surface area contributed by atoms with Gasteiger partial charge in [0.1, 0.15) is 0 Å². The molecule has 112 valence electrons. The molecule has 0 bridgehead atoms. The summed E-state index contributed by atoms with van der Waals surface area (Å²) in [4.78, 5) is 0. The second-order valence-electron chi connectivity index (χ2n) is 5.68. The zero-order valence-corrected chi connectivity index (χ0v) is 12.8. The fourth-order valence-electron chi connectivity index (χ4n) is 2.97. The van der Waals surface area contributed by atoms with Crippen molar-refractivity contribution in [3.05, 3.63) is 0 Å². The van der Waals surface area contributed by atoms with Crippen LogP contribution < -0.4 is 5.32 Å². The van der Waals surface area contributed by atoms with Crippen molar-refractivity contribution in [3.63, 3.8) is 0 Å². The average Bonchev–Trinajstić information content (AvgIpc) is 2.94. The molecule has 2 heterocycles. The van der Waals surface area contributed by atoms with Crippen molar-refractivity contribution < 1.29 is 8.42 Å². The first-order valence-electron chi connectivity index (χ1n) is 7.60. The highest BCUT2D eigenvalue weighted by Crippen LogP contribution is 2.23. The van der Waals surface area contributed by atoms with Crippen LogP contribution in [-0.2, 0) is 10.2 Å². The van der Waals surface area contributed by atoms with Gasteiger partial charge in [-0.05, 0) is 51.1 Å². The summed E-state index contributed by atoms with van der Waals surface area (Å²) in [5, 5.41) is 3.41. The zero-order valence-electron chi connectivity index (χ0n) is 12.0. The van der Waals surface area contributed by atoms with Crippen LogP contribution >= 0.6 is 0 Å². The van der Waals surface area contributed by atoms with Gasteiger partial charge in [0.2, 0.25) is 0 Å². The summed E-state index contributed by atoms with van der Waals surface area (Å²) in [7, 11) is -3.19. The van der Waals surface area contributed by atoms with E-state index < -0.39 is 10.2 Å². The smallest absolute Gasteiger partial charge is 0.281 e. The Hall–Kier alpha value is -0.170. The van der Waals surface area contributed by atoms with Crippen LogP contribution in [0.5, 0.6) is 0 Å². The Bertz CT molecular complexity index is 366. The van der Waals surface area contributed by atoms with Gasteiger partial charge in [0.25, 0.3) is 10.2 Å². The summed E-state index contributed by atoms with van der Waals surface area (Å²) < 4.78 is 28.4. The van der Waals surface area contributed by atoms with Crippen molar-refractivity contribution in [2.45, 2.75) is 39.0 Å². The van der Waals surface area contributed by atoms with Crippen LogP contribution in [0.25, 0.3) is 0 Å². The lowest BCUT2D eigenvalue weighted by Gasteiger charge is -2.34. The highest BCUT2D eigenvalue weighted by atomic mass is 32.2. The summed E-state index contributed by atoms with van der Waals surface area (Å²) in [6.07, 6.45) is 5.28. The SMILES string of the molecule is CCCNCC1CCCN(S(=O)(=O)N2CCCC2)C1. The Morgan fingerprint density at radius 1 is 1.11 bits per heavy atom. The van der Waals surface area contributed by atoms with Crippen molar-refractivity contribution in [2.75, 3.05) is 39.3 Å². The summed E-state index contributed by atoms with van der Waals surface area (Å²) in [5.74, 6) is 0.470. The Morgan fingerprint density at radius 2 is 1.79 bits per heavy atom. The summed E-state index contributed by atoms with van der Waals surface area (Å²) >= 11 is 0. The van der Waals surface area contributed by atoms with E-state index in [1.165, 1.54) is 0 Å². The third-order valence-corrected chi connectivity index (χ3v) is 6.06. The maximum atomic E-state index is 12.5. The molecule has 6 heteroatoms. The number of nitrogens with one attached hydrogen (secondary N) is 1. The molecule has 0 radical (unpaired) electrons. The molecule has 1 atom stereocenters. The molecule has 0 aromatic heterocycles. The summed E-state index contributed by atoms with van der Waals surface area (Å²) in [6.45, 7) is 6.92. The molecule has 0 spiro atoms. The van der Waals surface area contributed by atoms with Crippen LogP contribution in [0, 0.1) is 5.92 Å². The minimum Gasteiger partial charge on any atom is -0.316 e. The lowest BCUT2D eigenvalue weighted by atomic mass is 10.00. The van der Waals surface area contributed by atoms with Crippen molar-refractivity contribution in [1.29, 1.82) is 0 Å². The normalized spacial score (nSPS) is 26.9. The average molecular weight is 289 g/mol. The molecule has 0 aromatic rings. The van der Waals surface area contributed by atoms with Gasteiger partial charge in [-0.1, -0.05) is 6.92 Å². The first-order valence-corrected chi connectivity index (χ1v) is 9.00. The summed E-state index contributed by atoms with van der Waals surface area (Å²) in [6, 6.07) is 0. The molecule has 2 fully saturated rings. The maximum absolute atomic E-state index is 12.5. The van der Waals surface area contributed by atoms with Gasteiger partial charge in [0, 0.05) is 26.2 Å². The number of hydrogen-bond acceptors (Lipinski definition) is 3. The Labute approximate surface area is 117 Å². The molecule has 5 nitrogen and oxygen atoms in total. The standard InChI is InChI=1S/C13H27N3O2S/c1-2-7-14-11-13-6-5-10-16(12-13)19(17,18)15-8-3-4-9-15/h13-14H,2-12H2,1H3. The Kier molecular flexibility index (Phi) is 5.62. The van der Waals surface area contributed by atoms with Crippen LogP contribution in [0.1, 0.15) is 39.0 Å². The van der Waals surface area contributed by atoms with Crippen LogP contribution in [-0.4, -0.2) is 56.3 Å². The molecule has 2 saturated heterocycles. The van der Waals surface area contributed by atoms with Crippen molar-refractivity contribution in [2.24, 2.45) is 5.92 Å². The van der Waals surface area contributed by atoms with E-state index in [1.54, 1.807) is 8.61 Å². The van der Waals surface area contributed by atoms with Crippen LogP contribution in [0.4, 0.5) is 0 Å². The highest BCUT2D eigenvalue weighted by Gasteiger charge is 2.34. The Morgan fingerprint density at radius 3 is 2.47 bits per heavy atom. The van der Waals surface area contributed by atoms with Crippen molar-refractivity contribution >= 4 is 10.2 Å². The number of hydrogen-bond donors (Lipinski definition) is 1. The van der Waals surface area contributed by atoms with Crippen LogP contribution in [0.2, 0.25) is 0 Å². The predicted octanol–water partition coefficient (Wildman–Crippen LogP) is 1.04. The maximum Gasteiger partial charge on any atom is 0.281 e. The van der Waals surface area contributed by atoms with Gasteiger partial charge in [0.15, 0.2) is 0 Å². The van der Waals surface area contributed by atoms with Gasteiger partial charge in [-0.25, -0.2) is 0 Å². The van der Waals surface area contributed by atoms with E-state index in [1.807, 2.05) is 0 Å². The second kappa shape index (κ2) is 7.02. The number of nitrogens with zero attached hydrogens (tertiary/aromatic N) is 2. The van der Waals surface area contributed by atoms with Gasteiger partial charge >= 0.3 is 0 Å². The fourth-order valence-corrected chi connectivity index (χ4v) is 4.77. The van der Waals surface area contributed by atoms with Gasteiger partial charge in [0.05, 0.1) is 0 Å². The van der Waals surface area contributed by atoms with Crippen molar-refractivity contribution in [1.82, 2.24) is 13.9 Å². The minimum atomic E-state index is -3.19. The lowest BCUT2D eigenvalue weighted by molar-refractivity contribution is 0.246. The number of rotatable bonds is 6. The van der Waals surface area contributed by atoms with Crippen LogP contribution in [0.15, 0.2) is 0 Å². The molecule has 2 aliphatic rings. The molecule has 2 aliphatic heterocycles. The van der Waals surface area contributed by atoms with E-state index in [-0.39, 0.29) is 0 Å². The predicted molar refractivity (Wildman–Crippen MR) is 77.2 cm³/mol. The van der Waals surface area contributed by atoms with E-state index >= 15 is 0 Å². The van der Waals surface area contributed by atoms with Gasteiger partial charge < -0.3 is 5.32 Å². The molecular weight excluding hydrogens is 262 g/mol. The largest absolute Gasteiger partial charge is 0.316 e. The first kappa shape index (κ1) is 15.2. The summed E-state index contributed by atoms with van der Waals surface area (Å²) in [5.41, 5.74) is 0. The molecule has 19 heavy (non-hydrogen) atoms. The molecule has 2 rings (SSSR count). The Balaban J connectivity index is 1.89. The molecule has 0 aliphatic carbocycles. The number of piperidine rings is 1. The molecule has 1 unspecified atom stereocenters. The first-order chi connectivity index (χ1) is 9.14. The third kappa shape index (κ3) is 3.90. The fraction of sp³-hybridized carbons (Fsp3) is 1.00. The third-order valence-electron chi connectivity index (χ3n) is 4.06. The zero-order chi connectivity index (χ0) is 13.7. The van der Waals surface area contributed by atoms with E-state index in [4.69, 9.17) is 0 Å². The van der Waals surface area contributed by atoms with E-state index in [0.717, 1.165) is 45.2 Å². The van der Waals surface area contributed by atoms with Gasteiger partial charge in [-0.2, -0.15) is 17.0 Å². The van der Waals surface area contributed by atoms with Crippen LogP contribution in [0.3, 0.4) is 0 Å². The molecule has 1 N–H and O–H groups in total. The van der Waals surface area contributed by atoms with Gasteiger partial charge in [-0.15, -0.1) is 0 Å². The molecule has 0 saturated carbocycles. The molecule has 0 amide bonds. The monoisotopic (exact) mass is 289 g/mol. The van der Waals surface area contributed by atoms with Crippen molar-refractivity contribution in [3.8, 4) is 0 Å².